The van der Waals surface area contributed by atoms with Gasteiger partial charge < -0.3 is 14.8 Å². The van der Waals surface area contributed by atoms with Crippen LogP contribution in [0.4, 0.5) is 5.13 Å². The molecule has 4 aromatic rings. The molecule has 0 bridgehead atoms. The van der Waals surface area contributed by atoms with Crippen molar-refractivity contribution in [3.8, 4) is 22.6 Å². The average Bonchev–Trinajstić information content (AvgIpc) is 3.14. The van der Waals surface area contributed by atoms with Gasteiger partial charge in [-0.2, -0.15) is 0 Å². The zero-order valence-corrected chi connectivity index (χ0v) is 15.9. The van der Waals surface area contributed by atoms with Crippen molar-refractivity contribution in [2.75, 3.05) is 19.5 Å². The molecular weight excluding hydrogens is 358 g/mol. The third-order valence-corrected chi connectivity index (χ3v) is 5.30. The molecule has 2 aromatic heterocycles. The minimum Gasteiger partial charge on any atom is -0.497 e. The highest BCUT2D eigenvalue weighted by molar-refractivity contribution is 7.22. The highest BCUT2D eigenvalue weighted by Gasteiger charge is 2.09. The lowest BCUT2D eigenvalue weighted by molar-refractivity contribution is 0.399. The molecule has 0 unspecified atom stereocenters. The normalized spacial score (nSPS) is 10.7. The van der Waals surface area contributed by atoms with E-state index < -0.39 is 0 Å². The maximum Gasteiger partial charge on any atom is 0.184 e. The average molecular weight is 377 g/mol. The molecule has 4 rings (SSSR count). The standard InChI is InChI=1S/C21H19N3O2S/c1-25-17-4-6-19(26-2)16(11-17)13-23-21-24-18-5-3-15(12-20(18)27-21)14-7-9-22-10-8-14/h3-12H,13H2,1-2H3,(H,23,24). The summed E-state index contributed by atoms with van der Waals surface area (Å²) in [4.78, 5) is 8.76. The van der Waals surface area contributed by atoms with Crippen LogP contribution in [0, 0.1) is 0 Å². The number of hydrogen-bond donors (Lipinski definition) is 1. The number of fused-ring (bicyclic) bond motifs is 1. The smallest absolute Gasteiger partial charge is 0.184 e. The van der Waals surface area contributed by atoms with Gasteiger partial charge in [-0.25, -0.2) is 4.98 Å². The predicted molar refractivity (Wildman–Crippen MR) is 110 cm³/mol. The van der Waals surface area contributed by atoms with E-state index >= 15 is 0 Å². The van der Waals surface area contributed by atoms with Gasteiger partial charge >= 0.3 is 0 Å². The summed E-state index contributed by atoms with van der Waals surface area (Å²) in [5.74, 6) is 1.63. The van der Waals surface area contributed by atoms with Crippen LogP contribution in [-0.4, -0.2) is 24.2 Å². The number of aromatic nitrogens is 2. The Morgan fingerprint density at radius 3 is 2.56 bits per heavy atom. The van der Waals surface area contributed by atoms with E-state index in [0.29, 0.717) is 6.54 Å². The summed E-state index contributed by atoms with van der Waals surface area (Å²) in [5, 5.41) is 4.27. The second kappa shape index (κ2) is 7.63. The van der Waals surface area contributed by atoms with Crippen LogP contribution in [0.25, 0.3) is 21.3 Å². The van der Waals surface area contributed by atoms with Crippen molar-refractivity contribution >= 4 is 26.7 Å². The Balaban J connectivity index is 1.57. The third kappa shape index (κ3) is 3.71. The molecule has 0 saturated carbocycles. The van der Waals surface area contributed by atoms with Crippen molar-refractivity contribution in [3.63, 3.8) is 0 Å². The van der Waals surface area contributed by atoms with Gasteiger partial charge in [0, 0.05) is 24.5 Å². The van der Waals surface area contributed by atoms with E-state index in [0.717, 1.165) is 43.5 Å². The molecule has 5 nitrogen and oxygen atoms in total. The first kappa shape index (κ1) is 17.3. The molecule has 2 aromatic carbocycles. The van der Waals surface area contributed by atoms with Gasteiger partial charge in [0.05, 0.1) is 24.4 Å². The topological polar surface area (TPSA) is 56.3 Å². The minimum absolute atomic E-state index is 0.609. The highest BCUT2D eigenvalue weighted by Crippen LogP contribution is 2.31. The van der Waals surface area contributed by atoms with E-state index in [4.69, 9.17) is 9.47 Å². The molecule has 0 amide bonds. The van der Waals surface area contributed by atoms with Crippen LogP contribution in [0.1, 0.15) is 5.56 Å². The zero-order valence-electron chi connectivity index (χ0n) is 15.1. The number of methoxy groups -OCH3 is 2. The molecule has 0 aliphatic carbocycles. The molecule has 0 aliphatic heterocycles. The van der Waals surface area contributed by atoms with E-state index in [1.54, 1.807) is 38.0 Å². The fourth-order valence-electron chi connectivity index (χ4n) is 2.92. The molecule has 0 spiro atoms. The molecule has 0 radical (unpaired) electrons. The van der Waals surface area contributed by atoms with E-state index in [2.05, 4.69) is 33.5 Å². The van der Waals surface area contributed by atoms with E-state index in [1.807, 2.05) is 30.3 Å². The number of anilines is 1. The summed E-state index contributed by atoms with van der Waals surface area (Å²) in [7, 11) is 3.33. The summed E-state index contributed by atoms with van der Waals surface area (Å²) in [5.41, 5.74) is 4.32. The number of nitrogens with one attached hydrogen (secondary N) is 1. The minimum atomic E-state index is 0.609. The van der Waals surface area contributed by atoms with Crippen molar-refractivity contribution in [1.29, 1.82) is 0 Å². The number of nitrogens with zero attached hydrogens (tertiary/aromatic N) is 2. The Kier molecular flexibility index (Phi) is 4.89. The Hall–Kier alpha value is -3.12. The van der Waals surface area contributed by atoms with E-state index in [9.17, 15) is 0 Å². The maximum absolute atomic E-state index is 5.44. The monoisotopic (exact) mass is 377 g/mol. The summed E-state index contributed by atoms with van der Waals surface area (Å²) < 4.78 is 11.9. The second-order valence-corrected chi connectivity index (χ2v) is 7.00. The largest absolute Gasteiger partial charge is 0.497 e. The zero-order chi connectivity index (χ0) is 18.6. The number of pyridine rings is 1. The lowest BCUT2D eigenvalue weighted by Crippen LogP contribution is -2.01. The Labute approximate surface area is 161 Å². The number of ether oxygens (including phenoxy) is 2. The molecule has 2 heterocycles. The summed E-state index contributed by atoms with van der Waals surface area (Å²) in [6, 6.07) is 16.1. The first-order valence-corrected chi connectivity index (χ1v) is 9.34. The maximum atomic E-state index is 5.44. The lowest BCUT2D eigenvalue weighted by Gasteiger charge is -2.10. The summed E-state index contributed by atoms with van der Waals surface area (Å²) in [6.45, 7) is 0.609. The second-order valence-electron chi connectivity index (χ2n) is 5.97. The van der Waals surface area contributed by atoms with Crippen LogP contribution in [0.5, 0.6) is 11.5 Å². The number of thiazole rings is 1. The van der Waals surface area contributed by atoms with Crippen molar-refractivity contribution in [1.82, 2.24) is 9.97 Å². The molecule has 27 heavy (non-hydrogen) atoms. The summed E-state index contributed by atoms with van der Waals surface area (Å²) >= 11 is 1.64. The lowest BCUT2D eigenvalue weighted by atomic mass is 10.1. The van der Waals surface area contributed by atoms with Gasteiger partial charge in [0.25, 0.3) is 0 Å². The fourth-order valence-corrected chi connectivity index (χ4v) is 3.82. The molecule has 0 saturated heterocycles. The van der Waals surface area contributed by atoms with Gasteiger partial charge in [-0.05, 0) is 53.6 Å². The quantitative estimate of drug-likeness (QED) is 0.513. The molecule has 1 N–H and O–H groups in total. The van der Waals surface area contributed by atoms with Gasteiger partial charge in [-0.3, -0.25) is 4.98 Å². The molecule has 6 heteroatoms. The molecule has 0 atom stereocenters. The summed E-state index contributed by atoms with van der Waals surface area (Å²) in [6.07, 6.45) is 3.61. The van der Waals surface area contributed by atoms with E-state index in [-0.39, 0.29) is 0 Å². The van der Waals surface area contributed by atoms with Crippen LogP contribution in [0.15, 0.2) is 60.9 Å². The number of benzene rings is 2. The van der Waals surface area contributed by atoms with Gasteiger partial charge in [0.2, 0.25) is 0 Å². The first-order chi connectivity index (χ1) is 13.3. The number of hydrogen-bond acceptors (Lipinski definition) is 6. The third-order valence-electron chi connectivity index (χ3n) is 4.32. The SMILES string of the molecule is COc1ccc(OC)c(CNc2nc3ccc(-c4ccncc4)cc3s2)c1. The Morgan fingerprint density at radius 2 is 1.78 bits per heavy atom. The van der Waals surface area contributed by atoms with Crippen LogP contribution in [-0.2, 0) is 6.54 Å². The van der Waals surface area contributed by atoms with Gasteiger partial charge in [0.15, 0.2) is 5.13 Å². The molecule has 0 fully saturated rings. The van der Waals surface area contributed by atoms with Crippen molar-refractivity contribution < 1.29 is 9.47 Å². The van der Waals surface area contributed by atoms with Gasteiger partial charge in [0.1, 0.15) is 11.5 Å². The molecule has 136 valence electrons. The number of rotatable bonds is 6. The highest BCUT2D eigenvalue weighted by atomic mass is 32.1. The van der Waals surface area contributed by atoms with E-state index in [1.165, 1.54) is 0 Å². The van der Waals surface area contributed by atoms with Crippen molar-refractivity contribution in [2.24, 2.45) is 0 Å². The van der Waals surface area contributed by atoms with Crippen LogP contribution < -0.4 is 14.8 Å². The predicted octanol–water partition coefficient (Wildman–Crippen LogP) is 4.99. The molecule has 0 aliphatic rings. The first-order valence-electron chi connectivity index (χ1n) is 8.52. The van der Waals surface area contributed by atoms with Crippen LogP contribution in [0.3, 0.4) is 0 Å². The van der Waals surface area contributed by atoms with Crippen molar-refractivity contribution in [2.45, 2.75) is 6.54 Å². The fraction of sp³-hybridized carbons (Fsp3) is 0.143. The van der Waals surface area contributed by atoms with Crippen LogP contribution in [0.2, 0.25) is 0 Å². The van der Waals surface area contributed by atoms with Crippen molar-refractivity contribution in [3.05, 3.63) is 66.5 Å². The van der Waals surface area contributed by atoms with Gasteiger partial charge in [-0.15, -0.1) is 0 Å². The Morgan fingerprint density at radius 1 is 0.926 bits per heavy atom. The molecular formula is C21H19N3O2S. The Bertz CT molecular complexity index is 1060. The van der Waals surface area contributed by atoms with Crippen LogP contribution >= 0.6 is 11.3 Å². The van der Waals surface area contributed by atoms with Gasteiger partial charge in [-0.1, -0.05) is 17.4 Å².